The molecule has 4 heteroatoms. The summed E-state index contributed by atoms with van der Waals surface area (Å²) in [4.78, 5) is 9.94. The molecule has 0 radical (unpaired) electrons. The molecule has 0 amide bonds. The molecule has 2 aromatic carbocycles. The highest BCUT2D eigenvalue weighted by atomic mass is 15.1. The lowest BCUT2D eigenvalue weighted by Crippen LogP contribution is -2.43. The molecule has 0 saturated heterocycles. The molecular weight excluding hydrogens is 536 g/mol. The lowest BCUT2D eigenvalue weighted by molar-refractivity contribution is 0.641. The van der Waals surface area contributed by atoms with Crippen LogP contribution in [0.3, 0.4) is 0 Å². The molecule has 218 valence electrons. The number of hydrogen-bond acceptors (Lipinski definition) is 2. The van der Waals surface area contributed by atoms with Crippen molar-refractivity contribution in [3.63, 3.8) is 0 Å². The zero-order chi connectivity index (χ0) is 30.5. The van der Waals surface area contributed by atoms with Crippen molar-refractivity contribution in [2.24, 2.45) is 0 Å². The molecule has 4 nitrogen and oxygen atoms in total. The first-order valence-electron chi connectivity index (χ1n) is 15.7. The molecule has 2 aliphatic heterocycles. The molecule has 0 N–H and O–H groups in total. The summed E-state index contributed by atoms with van der Waals surface area (Å²) < 4.78 is 4.83. The van der Waals surface area contributed by atoms with Crippen molar-refractivity contribution >= 4 is 44.6 Å². The van der Waals surface area contributed by atoms with Gasteiger partial charge in [-0.05, 0) is 62.6 Å². The smallest absolute Gasteiger partial charge is 0.141 e. The van der Waals surface area contributed by atoms with Gasteiger partial charge in [-0.15, -0.1) is 0 Å². The summed E-state index contributed by atoms with van der Waals surface area (Å²) in [5.74, 6) is 2.08. The van der Waals surface area contributed by atoms with E-state index in [1.54, 1.807) is 0 Å². The zero-order valence-electron chi connectivity index (χ0n) is 26.7. The SMILES string of the molecule is CC(C)=c1c2n(c3ccccc13)-c1ncccc1C(C)(C)C=2C/C=c1\c2n(c3ccccc13)-c1ncccc1C(C)(C)C=2C. The first-order chi connectivity index (χ1) is 21.1. The van der Waals surface area contributed by atoms with Crippen molar-refractivity contribution in [1.29, 1.82) is 0 Å². The molecule has 0 spiro atoms. The fourth-order valence-electron chi connectivity index (χ4n) is 7.95. The van der Waals surface area contributed by atoms with Gasteiger partial charge in [-0.25, -0.2) is 9.97 Å². The molecule has 0 atom stereocenters. The first-order valence-corrected chi connectivity index (χ1v) is 15.7. The van der Waals surface area contributed by atoms with E-state index in [1.165, 1.54) is 70.8 Å². The van der Waals surface area contributed by atoms with Gasteiger partial charge in [0.2, 0.25) is 0 Å². The Bertz CT molecular complexity index is 2440. The van der Waals surface area contributed by atoms with Crippen molar-refractivity contribution in [1.82, 2.24) is 19.1 Å². The van der Waals surface area contributed by atoms with Crippen molar-refractivity contribution in [3.05, 3.63) is 117 Å². The zero-order valence-corrected chi connectivity index (χ0v) is 26.7. The van der Waals surface area contributed by atoms with Crippen LogP contribution in [0, 0.1) is 0 Å². The van der Waals surface area contributed by atoms with Gasteiger partial charge >= 0.3 is 0 Å². The predicted molar refractivity (Wildman–Crippen MR) is 183 cm³/mol. The fourth-order valence-corrected chi connectivity index (χ4v) is 7.95. The van der Waals surface area contributed by atoms with E-state index in [-0.39, 0.29) is 10.8 Å². The van der Waals surface area contributed by atoms with E-state index in [9.17, 15) is 0 Å². The maximum atomic E-state index is 4.99. The first kappa shape index (κ1) is 26.9. The summed E-state index contributed by atoms with van der Waals surface area (Å²) >= 11 is 0. The van der Waals surface area contributed by atoms with Crippen LogP contribution < -0.4 is 21.1 Å². The molecule has 0 aliphatic carbocycles. The van der Waals surface area contributed by atoms with Crippen LogP contribution >= 0.6 is 0 Å². The molecule has 0 bridgehead atoms. The van der Waals surface area contributed by atoms with Crippen LogP contribution in [0.25, 0.3) is 56.2 Å². The van der Waals surface area contributed by atoms with Gasteiger partial charge in [-0.1, -0.05) is 87.9 Å². The number of benzene rings is 2. The average Bonchev–Trinajstić information content (AvgIpc) is 3.53. The Morgan fingerprint density at radius 3 is 1.86 bits per heavy atom. The maximum Gasteiger partial charge on any atom is 0.141 e. The van der Waals surface area contributed by atoms with E-state index in [2.05, 4.69) is 136 Å². The second kappa shape index (κ2) is 9.15. The number of para-hydroxylation sites is 2. The van der Waals surface area contributed by atoms with Gasteiger partial charge in [-0.3, -0.25) is 9.13 Å². The van der Waals surface area contributed by atoms with Gasteiger partial charge in [0.1, 0.15) is 11.6 Å². The van der Waals surface area contributed by atoms with Gasteiger partial charge in [0.15, 0.2) is 0 Å². The van der Waals surface area contributed by atoms with Crippen LogP contribution in [-0.2, 0) is 10.8 Å². The molecule has 4 aromatic heterocycles. The van der Waals surface area contributed by atoms with Gasteiger partial charge < -0.3 is 0 Å². The fraction of sp³-hybridized carbons (Fsp3) is 0.250. The quantitative estimate of drug-likeness (QED) is 0.242. The normalized spacial score (nSPS) is 16.6. The third-order valence-corrected chi connectivity index (χ3v) is 10.5. The second-order valence-electron chi connectivity index (χ2n) is 13.7. The second-order valence-corrected chi connectivity index (χ2v) is 13.7. The Hall–Kier alpha value is -4.70. The molecule has 44 heavy (non-hydrogen) atoms. The van der Waals surface area contributed by atoms with Gasteiger partial charge in [0.05, 0.1) is 21.7 Å². The monoisotopic (exact) mass is 574 g/mol. The van der Waals surface area contributed by atoms with E-state index >= 15 is 0 Å². The Labute approximate surface area is 258 Å². The minimum Gasteiger partial charge on any atom is -0.294 e. The van der Waals surface area contributed by atoms with E-state index in [4.69, 9.17) is 9.97 Å². The molecule has 8 rings (SSSR count). The van der Waals surface area contributed by atoms with Crippen LogP contribution in [0.2, 0.25) is 0 Å². The summed E-state index contributed by atoms with van der Waals surface area (Å²) in [7, 11) is 0. The van der Waals surface area contributed by atoms with E-state index in [0.717, 1.165) is 18.1 Å². The number of rotatable bonds is 2. The van der Waals surface area contributed by atoms with Crippen molar-refractivity contribution in [2.75, 3.05) is 0 Å². The van der Waals surface area contributed by atoms with Gasteiger partial charge in [0, 0.05) is 55.6 Å². The molecular formula is C40H38N4. The minimum atomic E-state index is -0.212. The Kier molecular flexibility index (Phi) is 5.59. The summed E-state index contributed by atoms with van der Waals surface area (Å²) in [6, 6.07) is 26.3. The lowest BCUT2D eigenvalue weighted by Gasteiger charge is -2.34. The third kappa shape index (κ3) is 3.40. The number of nitrogens with zero attached hydrogens (tertiary/aromatic N) is 4. The van der Waals surface area contributed by atoms with Gasteiger partial charge in [0.25, 0.3) is 0 Å². The van der Waals surface area contributed by atoms with Crippen molar-refractivity contribution in [2.45, 2.75) is 65.7 Å². The Morgan fingerprint density at radius 2 is 1.23 bits per heavy atom. The van der Waals surface area contributed by atoms with Crippen LogP contribution in [0.5, 0.6) is 0 Å². The van der Waals surface area contributed by atoms with E-state index in [1.807, 2.05) is 12.4 Å². The minimum absolute atomic E-state index is 0.133. The van der Waals surface area contributed by atoms with E-state index < -0.39 is 0 Å². The average molecular weight is 575 g/mol. The van der Waals surface area contributed by atoms with E-state index in [0.29, 0.717) is 0 Å². The molecule has 0 saturated carbocycles. The molecule has 0 unspecified atom stereocenters. The van der Waals surface area contributed by atoms with Crippen LogP contribution in [0.4, 0.5) is 0 Å². The summed E-state index contributed by atoms with van der Waals surface area (Å²) in [6.07, 6.45) is 7.17. The Balaban J connectivity index is 1.53. The van der Waals surface area contributed by atoms with Crippen LogP contribution in [0.1, 0.15) is 66.0 Å². The largest absolute Gasteiger partial charge is 0.294 e. The topological polar surface area (TPSA) is 35.6 Å². The number of pyridine rings is 2. The number of fused-ring (bicyclic) bond motifs is 10. The van der Waals surface area contributed by atoms with Crippen LogP contribution in [0.15, 0.2) is 85.2 Å². The highest BCUT2D eigenvalue weighted by Crippen LogP contribution is 2.40. The lowest BCUT2D eigenvalue weighted by atomic mass is 9.74. The summed E-state index contributed by atoms with van der Waals surface area (Å²) in [5, 5.41) is 7.76. The summed E-state index contributed by atoms with van der Waals surface area (Å²) in [6.45, 7) is 16.2. The standard InChI is InChI=1S/C40H38N4/c1-24(2)34-28-15-9-11-19-33(28)44-36(34)29(40(6,7)31-17-13-23-42-38(31)44)21-20-27-26-14-8-10-18-32(26)43-35(27)25(3)39(4,5)30-16-12-22-41-37(30)43/h8-20,22-23H,21H2,1-7H3/b27-20-. The Morgan fingerprint density at radius 1 is 0.682 bits per heavy atom. The highest BCUT2D eigenvalue weighted by Gasteiger charge is 2.36. The third-order valence-electron chi connectivity index (χ3n) is 10.5. The summed E-state index contributed by atoms with van der Waals surface area (Å²) in [5.41, 5.74) is 8.72. The number of hydrogen-bond donors (Lipinski definition) is 0. The maximum absolute atomic E-state index is 4.99. The molecule has 2 aliphatic rings. The van der Waals surface area contributed by atoms with Crippen molar-refractivity contribution in [3.8, 4) is 11.6 Å². The van der Waals surface area contributed by atoms with Crippen LogP contribution in [-0.4, -0.2) is 19.1 Å². The molecule has 6 heterocycles. The highest BCUT2D eigenvalue weighted by molar-refractivity contribution is 5.89. The number of aromatic nitrogens is 4. The molecule has 6 aromatic rings. The predicted octanol–water partition coefficient (Wildman–Crippen LogP) is 6.33. The van der Waals surface area contributed by atoms with Gasteiger partial charge in [-0.2, -0.15) is 0 Å². The van der Waals surface area contributed by atoms with Crippen molar-refractivity contribution < 1.29 is 0 Å². The molecule has 0 fully saturated rings.